The molecule has 4 aromatic rings. The highest BCUT2D eigenvalue weighted by Gasteiger charge is 2.20. The lowest BCUT2D eigenvalue weighted by molar-refractivity contribution is 0.568. The number of rotatable bonds is 7. The molecular weight excluding hydrogens is 391 g/mol. The van der Waals surface area contributed by atoms with Crippen LogP contribution in [0.5, 0.6) is 0 Å². The van der Waals surface area contributed by atoms with E-state index >= 15 is 0 Å². The van der Waals surface area contributed by atoms with Crippen LogP contribution in [0.15, 0.2) is 67.5 Å². The molecule has 0 saturated carbocycles. The summed E-state index contributed by atoms with van der Waals surface area (Å²) in [7, 11) is 0. The Balaban J connectivity index is 1.63. The van der Waals surface area contributed by atoms with Crippen molar-refractivity contribution in [2.45, 2.75) is 32.7 Å². The second kappa shape index (κ2) is 8.95. The van der Waals surface area contributed by atoms with E-state index in [0.29, 0.717) is 18.6 Å². The van der Waals surface area contributed by atoms with Crippen molar-refractivity contribution in [2.75, 3.05) is 0 Å². The fourth-order valence-electron chi connectivity index (χ4n) is 3.55. The number of pyridine rings is 1. The molecule has 0 saturated heterocycles. The molecule has 4 rings (SSSR count). The van der Waals surface area contributed by atoms with Gasteiger partial charge >= 0.3 is 0 Å². The number of halogens is 1. The van der Waals surface area contributed by atoms with E-state index in [-0.39, 0.29) is 11.9 Å². The smallest absolute Gasteiger partial charge is 0.123 e. The standard InChI is InChI=1S/C24H23FN6/c1-16-3-8-21(28-13-16)12-20(26)11-17(2)31-15-30-23(18-4-6-19(25)7-5-18)24(31)22-9-10-27-14-29-22/h3-10,13-15,17,26H,11-12H2,1-2H3. The average molecular weight is 414 g/mol. The Morgan fingerprint density at radius 2 is 1.87 bits per heavy atom. The second-order valence-corrected chi connectivity index (χ2v) is 7.61. The van der Waals surface area contributed by atoms with Crippen LogP contribution >= 0.6 is 0 Å². The van der Waals surface area contributed by atoms with Gasteiger partial charge in [0.25, 0.3) is 0 Å². The molecule has 0 radical (unpaired) electrons. The van der Waals surface area contributed by atoms with Crippen molar-refractivity contribution in [3.8, 4) is 22.6 Å². The molecule has 3 aromatic heterocycles. The summed E-state index contributed by atoms with van der Waals surface area (Å²) in [5.74, 6) is -0.293. The minimum absolute atomic E-state index is 0.0235. The van der Waals surface area contributed by atoms with E-state index in [1.54, 1.807) is 24.7 Å². The van der Waals surface area contributed by atoms with Gasteiger partial charge in [-0.1, -0.05) is 6.07 Å². The van der Waals surface area contributed by atoms with Gasteiger partial charge in [0.1, 0.15) is 12.1 Å². The highest BCUT2D eigenvalue weighted by molar-refractivity contribution is 5.84. The summed E-state index contributed by atoms with van der Waals surface area (Å²) < 4.78 is 15.5. The molecule has 0 fully saturated rings. The van der Waals surface area contributed by atoms with Crippen LogP contribution < -0.4 is 0 Å². The van der Waals surface area contributed by atoms with E-state index < -0.39 is 0 Å². The van der Waals surface area contributed by atoms with Gasteiger partial charge in [-0.15, -0.1) is 0 Å². The van der Waals surface area contributed by atoms with Gasteiger partial charge in [0, 0.05) is 48.2 Å². The normalized spacial score (nSPS) is 12.0. The molecule has 0 bridgehead atoms. The zero-order valence-corrected chi connectivity index (χ0v) is 17.5. The number of benzene rings is 1. The number of imidazole rings is 1. The largest absolute Gasteiger partial charge is 0.326 e. The molecule has 1 N–H and O–H groups in total. The van der Waals surface area contributed by atoms with Gasteiger partial charge in [-0.3, -0.25) is 4.98 Å². The minimum atomic E-state index is -0.293. The van der Waals surface area contributed by atoms with Crippen molar-refractivity contribution < 1.29 is 4.39 Å². The van der Waals surface area contributed by atoms with E-state index in [9.17, 15) is 4.39 Å². The summed E-state index contributed by atoms with van der Waals surface area (Å²) in [6.45, 7) is 4.05. The summed E-state index contributed by atoms with van der Waals surface area (Å²) in [5.41, 5.74) is 5.65. The highest BCUT2D eigenvalue weighted by Crippen LogP contribution is 2.33. The van der Waals surface area contributed by atoms with Crippen LogP contribution in [-0.2, 0) is 6.42 Å². The number of nitrogens with zero attached hydrogens (tertiary/aromatic N) is 5. The Morgan fingerprint density at radius 1 is 1.06 bits per heavy atom. The van der Waals surface area contributed by atoms with E-state index in [2.05, 4.69) is 26.9 Å². The fraction of sp³-hybridized carbons (Fsp3) is 0.208. The van der Waals surface area contributed by atoms with Crippen molar-refractivity contribution >= 4 is 5.71 Å². The maximum atomic E-state index is 13.4. The topological polar surface area (TPSA) is 80.3 Å². The van der Waals surface area contributed by atoms with Crippen molar-refractivity contribution in [2.24, 2.45) is 0 Å². The molecule has 0 aliphatic rings. The van der Waals surface area contributed by atoms with Crippen LogP contribution in [0.3, 0.4) is 0 Å². The van der Waals surface area contributed by atoms with Gasteiger partial charge in [0.2, 0.25) is 0 Å². The first-order chi connectivity index (χ1) is 15.0. The first-order valence-corrected chi connectivity index (χ1v) is 10.1. The fourth-order valence-corrected chi connectivity index (χ4v) is 3.55. The van der Waals surface area contributed by atoms with Crippen LogP contribution in [0.2, 0.25) is 0 Å². The number of nitrogens with one attached hydrogen (secondary N) is 1. The van der Waals surface area contributed by atoms with Gasteiger partial charge < -0.3 is 9.98 Å². The Bertz CT molecular complexity index is 1170. The number of aromatic nitrogens is 5. The van der Waals surface area contributed by atoms with E-state index in [1.165, 1.54) is 18.5 Å². The Morgan fingerprint density at radius 3 is 2.55 bits per heavy atom. The Hall–Kier alpha value is -3.74. The van der Waals surface area contributed by atoms with E-state index in [1.807, 2.05) is 35.9 Å². The first-order valence-electron chi connectivity index (χ1n) is 10.1. The van der Waals surface area contributed by atoms with Crippen molar-refractivity contribution in [1.29, 1.82) is 5.41 Å². The van der Waals surface area contributed by atoms with Gasteiger partial charge in [-0.05, 0) is 55.8 Å². The third kappa shape index (κ3) is 4.71. The molecule has 0 aliphatic heterocycles. The molecule has 31 heavy (non-hydrogen) atoms. The predicted molar refractivity (Wildman–Crippen MR) is 118 cm³/mol. The SMILES string of the molecule is Cc1ccc(CC(=N)CC(C)n2cnc(-c3ccc(F)cc3)c2-c2ccncn2)nc1. The predicted octanol–water partition coefficient (Wildman–Crippen LogP) is 5.06. The molecule has 6 nitrogen and oxygen atoms in total. The maximum Gasteiger partial charge on any atom is 0.123 e. The van der Waals surface area contributed by atoms with Gasteiger partial charge in [-0.2, -0.15) is 0 Å². The minimum Gasteiger partial charge on any atom is -0.326 e. The van der Waals surface area contributed by atoms with Gasteiger partial charge in [-0.25, -0.2) is 19.3 Å². The summed E-state index contributed by atoms with van der Waals surface area (Å²) in [4.78, 5) is 17.4. The molecule has 1 atom stereocenters. The van der Waals surface area contributed by atoms with Crippen molar-refractivity contribution in [1.82, 2.24) is 24.5 Å². The van der Waals surface area contributed by atoms with Crippen molar-refractivity contribution in [3.05, 3.63) is 84.6 Å². The summed E-state index contributed by atoms with van der Waals surface area (Å²) in [5, 5.41) is 8.49. The van der Waals surface area contributed by atoms with Crippen LogP contribution in [0, 0.1) is 18.2 Å². The van der Waals surface area contributed by atoms with Crippen LogP contribution in [-0.4, -0.2) is 30.2 Å². The molecule has 7 heteroatoms. The lowest BCUT2D eigenvalue weighted by Gasteiger charge is -2.18. The van der Waals surface area contributed by atoms with E-state index in [4.69, 9.17) is 5.41 Å². The van der Waals surface area contributed by atoms with Crippen LogP contribution in [0.4, 0.5) is 4.39 Å². The lowest BCUT2D eigenvalue weighted by atomic mass is 10.0. The third-order valence-electron chi connectivity index (χ3n) is 5.12. The molecule has 0 amide bonds. The van der Waals surface area contributed by atoms with E-state index in [0.717, 1.165) is 33.9 Å². The number of hydrogen-bond acceptors (Lipinski definition) is 5. The third-order valence-corrected chi connectivity index (χ3v) is 5.12. The van der Waals surface area contributed by atoms with Gasteiger partial charge in [0.15, 0.2) is 0 Å². The Kier molecular flexibility index (Phi) is 5.93. The monoisotopic (exact) mass is 414 g/mol. The maximum absolute atomic E-state index is 13.4. The zero-order valence-electron chi connectivity index (χ0n) is 17.5. The quantitative estimate of drug-likeness (QED) is 0.429. The molecule has 156 valence electrons. The molecule has 0 aliphatic carbocycles. The van der Waals surface area contributed by atoms with Gasteiger partial charge in [0.05, 0.1) is 23.4 Å². The highest BCUT2D eigenvalue weighted by atomic mass is 19.1. The molecule has 1 aromatic carbocycles. The van der Waals surface area contributed by atoms with Crippen LogP contribution in [0.1, 0.15) is 30.6 Å². The summed E-state index contributed by atoms with van der Waals surface area (Å²) in [6.07, 6.45) is 7.82. The zero-order chi connectivity index (χ0) is 21.8. The average Bonchev–Trinajstić information content (AvgIpc) is 3.22. The number of aryl methyl sites for hydroxylation is 1. The van der Waals surface area contributed by atoms with Crippen molar-refractivity contribution in [3.63, 3.8) is 0 Å². The number of hydrogen-bond donors (Lipinski definition) is 1. The second-order valence-electron chi connectivity index (χ2n) is 7.61. The summed E-state index contributed by atoms with van der Waals surface area (Å²) in [6, 6.07) is 12.0. The molecular formula is C24H23FN6. The van der Waals surface area contributed by atoms with Crippen LogP contribution in [0.25, 0.3) is 22.6 Å². The Labute approximate surface area is 180 Å². The summed E-state index contributed by atoms with van der Waals surface area (Å²) >= 11 is 0. The lowest BCUT2D eigenvalue weighted by Crippen LogP contribution is -2.13. The molecule has 1 unspecified atom stereocenters. The first kappa shape index (κ1) is 20.5. The molecule has 3 heterocycles. The molecule has 0 spiro atoms.